The van der Waals surface area contributed by atoms with Gasteiger partial charge < -0.3 is 10.0 Å². The first-order chi connectivity index (χ1) is 8.37. The van der Waals surface area contributed by atoms with Gasteiger partial charge in [-0.15, -0.1) is 0 Å². The minimum absolute atomic E-state index is 0.0602. The topological polar surface area (TPSA) is 60.9 Å². The normalized spacial score (nSPS) is 34.2. The monoisotopic (exact) mass is 276 g/mol. The molecule has 1 N–H and O–H groups in total. The summed E-state index contributed by atoms with van der Waals surface area (Å²) in [4.78, 5) is 4.37. The van der Waals surface area contributed by atoms with Gasteiger partial charge in [0, 0.05) is 6.54 Å². The second-order valence-electron chi connectivity index (χ2n) is 5.95. The number of aliphatic hydroxyl groups is 1. The summed E-state index contributed by atoms with van der Waals surface area (Å²) < 4.78 is 23.0. The Morgan fingerprint density at radius 3 is 2.28 bits per heavy atom. The van der Waals surface area contributed by atoms with Crippen LogP contribution in [-0.2, 0) is 9.84 Å². The highest BCUT2D eigenvalue weighted by molar-refractivity contribution is 7.91. The summed E-state index contributed by atoms with van der Waals surface area (Å²) in [6.07, 6.45) is 1.50. The highest BCUT2D eigenvalue weighted by Crippen LogP contribution is 2.25. The van der Waals surface area contributed by atoms with Crippen molar-refractivity contribution < 1.29 is 13.5 Å². The molecule has 0 saturated carbocycles. The van der Waals surface area contributed by atoms with Gasteiger partial charge in [-0.1, -0.05) is 0 Å². The Labute approximate surface area is 110 Å². The molecule has 6 heteroatoms. The molecule has 0 aromatic heterocycles. The third-order valence-corrected chi connectivity index (χ3v) is 5.73. The van der Waals surface area contributed by atoms with E-state index in [1.165, 1.54) is 0 Å². The molecule has 106 valence electrons. The number of likely N-dealkylation sites (tertiary alicyclic amines) is 1. The molecule has 0 aromatic rings. The van der Waals surface area contributed by atoms with Crippen LogP contribution in [0.4, 0.5) is 0 Å². The first-order valence-electron chi connectivity index (χ1n) is 6.64. The Bertz CT molecular complexity index is 375. The van der Waals surface area contributed by atoms with E-state index < -0.39 is 15.9 Å². The van der Waals surface area contributed by atoms with Gasteiger partial charge in [-0.25, -0.2) is 8.42 Å². The van der Waals surface area contributed by atoms with Crippen LogP contribution >= 0.6 is 0 Å². The minimum atomic E-state index is -3.03. The first kappa shape index (κ1) is 14.2. The largest absolute Gasteiger partial charge is 0.390 e. The van der Waals surface area contributed by atoms with Crippen LogP contribution in [0.1, 0.15) is 12.8 Å². The third-order valence-electron chi connectivity index (χ3n) is 4.04. The summed E-state index contributed by atoms with van der Waals surface area (Å²) in [6.45, 7) is 2.92. The molecule has 0 aliphatic carbocycles. The van der Waals surface area contributed by atoms with Gasteiger partial charge in [-0.05, 0) is 45.9 Å². The van der Waals surface area contributed by atoms with Crippen molar-refractivity contribution in [2.45, 2.75) is 25.0 Å². The van der Waals surface area contributed by atoms with Crippen molar-refractivity contribution in [3.8, 4) is 0 Å². The Kier molecular flexibility index (Phi) is 4.31. The zero-order valence-electron chi connectivity index (χ0n) is 11.2. The molecule has 2 saturated heterocycles. The van der Waals surface area contributed by atoms with Gasteiger partial charge in [0.2, 0.25) is 0 Å². The van der Waals surface area contributed by atoms with Crippen molar-refractivity contribution in [2.75, 3.05) is 45.2 Å². The van der Waals surface area contributed by atoms with Crippen LogP contribution in [0, 0.1) is 5.92 Å². The number of hydrogen-bond acceptors (Lipinski definition) is 5. The van der Waals surface area contributed by atoms with Crippen molar-refractivity contribution in [3.63, 3.8) is 0 Å². The van der Waals surface area contributed by atoms with Gasteiger partial charge in [0.05, 0.1) is 23.7 Å². The zero-order valence-corrected chi connectivity index (χ0v) is 12.1. The average molecular weight is 276 g/mol. The molecule has 2 aliphatic heterocycles. The molecule has 18 heavy (non-hydrogen) atoms. The minimum Gasteiger partial charge on any atom is -0.390 e. The molecule has 2 aliphatic rings. The van der Waals surface area contributed by atoms with E-state index in [1.807, 2.05) is 0 Å². The lowest BCUT2D eigenvalue weighted by molar-refractivity contribution is 0.0551. The highest BCUT2D eigenvalue weighted by Gasteiger charge is 2.40. The van der Waals surface area contributed by atoms with Crippen LogP contribution in [0.5, 0.6) is 0 Å². The summed E-state index contributed by atoms with van der Waals surface area (Å²) in [7, 11) is 1.14. The fraction of sp³-hybridized carbons (Fsp3) is 1.00. The zero-order chi connectivity index (χ0) is 13.3. The number of rotatable bonds is 3. The van der Waals surface area contributed by atoms with Gasteiger partial charge in [-0.2, -0.15) is 0 Å². The predicted molar refractivity (Wildman–Crippen MR) is 71.3 cm³/mol. The van der Waals surface area contributed by atoms with Crippen LogP contribution in [-0.4, -0.2) is 80.7 Å². The summed E-state index contributed by atoms with van der Waals surface area (Å²) >= 11 is 0. The fourth-order valence-corrected chi connectivity index (χ4v) is 4.97. The van der Waals surface area contributed by atoms with E-state index in [2.05, 4.69) is 23.9 Å². The molecule has 0 radical (unpaired) electrons. The van der Waals surface area contributed by atoms with Crippen molar-refractivity contribution in [3.05, 3.63) is 0 Å². The SMILES string of the molecule is CN(C)CC1CCN(C2CS(=O)(=O)CC2O)CC1. The fourth-order valence-electron chi connectivity index (χ4n) is 3.14. The molecule has 0 aromatic carbocycles. The molecular weight excluding hydrogens is 252 g/mol. The Hall–Kier alpha value is -0.170. The number of nitrogens with zero attached hydrogens (tertiary/aromatic N) is 2. The molecule has 2 fully saturated rings. The van der Waals surface area contributed by atoms with E-state index in [0.29, 0.717) is 5.92 Å². The summed E-state index contributed by atoms with van der Waals surface area (Å²) in [5.41, 5.74) is 0. The second kappa shape index (κ2) is 5.45. The van der Waals surface area contributed by atoms with Gasteiger partial charge >= 0.3 is 0 Å². The van der Waals surface area contributed by atoms with Crippen molar-refractivity contribution in [1.29, 1.82) is 0 Å². The van der Waals surface area contributed by atoms with Gasteiger partial charge in [0.25, 0.3) is 0 Å². The van der Waals surface area contributed by atoms with E-state index in [-0.39, 0.29) is 17.5 Å². The van der Waals surface area contributed by atoms with Gasteiger partial charge in [-0.3, -0.25) is 4.90 Å². The number of aliphatic hydroxyl groups excluding tert-OH is 1. The third kappa shape index (κ3) is 3.44. The standard InChI is InChI=1S/C12H24N2O3S/c1-13(2)7-10-3-5-14(6-4-10)11-8-18(16,17)9-12(11)15/h10-12,15H,3-9H2,1-2H3. The van der Waals surface area contributed by atoms with E-state index in [4.69, 9.17) is 0 Å². The summed E-state index contributed by atoms with van der Waals surface area (Å²) in [5.74, 6) is 0.772. The molecule has 0 spiro atoms. The lowest BCUT2D eigenvalue weighted by Gasteiger charge is -2.37. The summed E-state index contributed by atoms with van der Waals surface area (Å²) in [6, 6.07) is -0.171. The van der Waals surface area contributed by atoms with E-state index >= 15 is 0 Å². The summed E-state index contributed by atoms with van der Waals surface area (Å²) in [5, 5.41) is 9.86. The van der Waals surface area contributed by atoms with E-state index in [1.54, 1.807) is 0 Å². The maximum absolute atomic E-state index is 11.5. The van der Waals surface area contributed by atoms with Crippen molar-refractivity contribution in [1.82, 2.24) is 9.80 Å². The highest BCUT2D eigenvalue weighted by atomic mass is 32.2. The maximum atomic E-state index is 11.5. The molecule has 2 unspecified atom stereocenters. The molecule has 0 amide bonds. The predicted octanol–water partition coefficient (Wildman–Crippen LogP) is -0.582. The average Bonchev–Trinajstić information content (AvgIpc) is 2.52. The van der Waals surface area contributed by atoms with Crippen LogP contribution < -0.4 is 0 Å². The number of hydrogen-bond donors (Lipinski definition) is 1. The van der Waals surface area contributed by atoms with Gasteiger partial charge in [0.15, 0.2) is 9.84 Å². The molecule has 5 nitrogen and oxygen atoms in total. The lowest BCUT2D eigenvalue weighted by atomic mass is 9.95. The number of sulfone groups is 1. The van der Waals surface area contributed by atoms with Gasteiger partial charge in [0.1, 0.15) is 0 Å². The molecule has 2 atom stereocenters. The molecule has 2 heterocycles. The second-order valence-corrected chi connectivity index (χ2v) is 8.11. The maximum Gasteiger partial charge on any atom is 0.154 e. The van der Waals surface area contributed by atoms with Crippen LogP contribution in [0.3, 0.4) is 0 Å². The Balaban J connectivity index is 1.87. The molecule has 2 rings (SSSR count). The number of piperidine rings is 1. The van der Waals surface area contributed by atoms with E-state index in [0.717, 1.165) is 32.5 Å². The Morgan fingerprint density at radius 1 is 1.22 bits per heavy atom. The van der Waals surface area contributed by atoms with Crippen molar-refractivity contribution in [2.24, 2.45) is 5.92 Å². The van der Waals surface area contributed by atoms with Crippen LogP contribution in [0.25, 0.3) is 0 Å². The lowest BCUT2D eigenvalue weighted by Crippen LogP contribution is -2.48. The van der Waals surface area contributed by atoms with Crippen molar-refractivity contribution >= 4 is 9.84 Å². The first-order valence-corrected chi connectivity index (χ1v) is 8.47. The molecular formula is C12H24N2O3S. The smallest absolute Gasteiger partial charge is 0.154 e. The van der Waals surface area contributed by atoms with Crippen LogP contribution in [0.15, 0.2) is 0 Å². The quantitative estimate of drug-likeness (QED) is 0.747. The Morgan fingerprint density at radius 2 is 1.83 bits per heavy atom. The van der Waals surface area contributed by atoms with E-state index in [9.17, 15) is 13.5 Å². The van der Waals surface area contributed by atoms with Crippen LogP contribution in [0.2, 0.25) is 0 Å². The molecule has 0 bridgehead atoms.